The molecule has 0 radical (unpaired) electrons. The number of thioether (sulfide) groups is 1. The predicted octanol–water partition coefficient (Wildman–Crippen LogP) is 5.19. The fourth-order valence-electron chi connectivity index (χ4n) is 3.53. The first-order chi connectivity index (χ1) is 16.5. The van der Waals surface area contributed by atoms with E-state index in [4.69, 9.17) is 4.74 Å². The molecule has 10 heteroatoms. The molecule has 0 unspecified atom stereocenters. The van der Waals surface area contributed by atoms with Crippen LogP contribution in [0.15, 0.2) is 64.5 Å². The molecule has 0 fully saturated rings. The maximum Gasteiger partial charge on any atom is 0.259 e. The van der Waals surface area contributed by atoms with E-state index in [1.807, 2.05) is 48.7 Å². The topological polar surface area (TPSA) is 85.7 Å². The molecule has 5 rings (SSSR count). The van der Waals surface area contributed by atoms with Gasteiger partial charge in [-0.25, -0.2) is 9.37 Å². The second-order valence-electron chi connectivity index (χ2n) is 7.55. The smallest absolute Gasteiger partial charge is 0.259 e. The molecule has 5 aromatic rings. The SMILES string of the molecule is Cc1sc2nc(CSc3nnc(COc4ccccc4F)n3-c3ccccc3)[nH]c(=O)c2c1C. The minimum atomic E-state index is -0.438. The van der Waals surface area contributed by atoms with Gasteiger partial charge < -0.3 is 9.72 Å². The van der Waals surface area contributed by atoms with Crippen LogP contribution in [0.4, 0.5) is 4.39 Å². The van der Waals surface area contributed by atoms with Gasteiger partial charge in [0.1, 0.15) is 17.3 Å². The highest BCUT2D eigenvalue weighted by molar-refractivity contribution is 7.98. The highest BCUT2D eigenvalue weighted by Crippen LogP contribution is 2.28. The number of halogens is 1. The maximum absolute atomic E-state index is 14.0. The zero-order valence-electron chi connectivity index (χ0n) is 18.4. The molecule has 0 aliphatic carbocycles. The van der Waals surface area contributed by atoms with E-state index in [9.17, 15) is 9.18 Å². The molecule has 0 atom stereocenters. The highest BCUT2D eigenvalue weighted by atomic mass is 32.2. The van der Waals surface area contributed by atoms with E-state index < -0.39 is 5.82 Å². The van der Waals surface area contributed by atoms with Crippen LogP contribution in [0.1, 0.15) is 22.1 Å². The Morgan fingerprint density at radius 2 is 1.85 bits per heavy atom. The fraction of sp³-hybridized carbons (Fsp3) is 0.167. The van der Waals surface area contributed by atoms with Crippen molar-refractivity contribution in [2.75, 3.05) is 0 Å². The van der Waals surface area contributed by atoms with E-state index in [1.54, 1.807) is 18.2 Å². The summed E-state index contributed by atoms with van der Waals surface area (Å²) in [6, 6.07) is 15.9. The molecule has 3 heterocycles. The molecule has 0 aliphatic heterocycles. The summed E-state index contributed by atoms with van der Waals surface area (Å²) in [4.78, 5) is 22.0. The highest BCUT2D eigenvalue weighted by Gasteiger charge is 2.17. The van der Waals surface area contributed by atoms with Crippen LogP contribution in [0.5, 0.6) is 5.75 Å². The number of benzene rings is 2. The monoisotopic (exact) mass is 493 g/mol. The lowest BCUT2D eigenvalue weighted by atomic mass is 10.2. The lowest BCUT2D eigenvalue weighted by Crippen LogP contribution is -2.11. The van der Waals surface area contributed by atoms with Crippen LogP contribution in [0.3, 0.4) is 0 Å². The number of hydrogen-bond donors (Lipinski definition) is 1. The Labute approximate surface area is 202 Å². The van der Waals surface area contributed by atoms with Crippen LogP contribution in [-0.2, 0) is 12.4 Å². The zero-order valence-corrected chi connectivity index (χ0v) is 20.0. The van der Waals surface area contributed by atoms with Crippen molar-refractivity contribution in [3.8, 4) is 11.4 Å². The van der Waals surface area contributed by atoms with E-state index in [2.05, 4.69) is 20.2 Å². The molecule has 172 valence electrons. The van der Waals surface area contributed by atoms with Crippen molar-refractivity contribution in [3.63, 3.8) is 0 Å². The maximum atomic E-state index is 14.0. The molecular formula is C24H20FN5O2S2. The molecule has 2 aromatic carbocycles. The number of H-pyrrole nitrogens is 1. The van der Waals surface area contributed by atoms with Crippen molar-refractivity contribution >= 4 is 33.3 Å². The van der Waals surface area contributed by atoms with Gasteiger partial charge in [-0.3, -0.25) is 9.36 Å². The Morgan fingerprint density at radius 3 is 2.65 bits per heavy atom. The van der Waals surface area contributed by atoms with Crippen molar-refractivity contribution in [1.82, 2.24) is 24.7 Å². The van der Waals surface area contributed by atoms with Crippen molar-refractivity contribution in [1.29, 1.82) is 0 Å². The van der Waals surface area contributed by atoms with E-state index in [1.165, 1.54) is 29.2 Å². The summed E-state index contributed by atoms with van der Waals surface area (Å²) in [7, 11) is 0. The molecule has 3 aromatic heterocycles. The van der Waals surface area contributed by atoms with Gasteiger partial charge >= 0.3 is 0 Å². The number of para-hydroxylation sites is 2. The van der Waals surface area contributed by atoms with E-state index in [0.717, 1.165) is 21.0 Å². The summed E-state index contributed by atoms with van der Waals surface area (Å²) in [6.07, 6.45) is 0. The first kappa shape index (κ1) is 22.3. The largest absolute Gasteiger partial charge is 0.483 e. The van der Waals surface area contributed by atoms with Crippen LogP contribution < -0.4 is 10.3 Å². The lowest BCUT2D eigenvalue weighted by Gasteiger charge is -2.11. The normalized spacial score (nSPS) is 11.3. The molecule has 1 N–H and O–H groups in total. The summed E-state index contributed by atoms with van der Waals surface area (Å²) in [6.45, 7) is 3.97. The van der Waals surface area contributed by atoms with Crippen LogP contribution in [0.25, 0.3) is 15.9 Å². The third-order valence-corrected chi connectivity index (χ3v) is 7.38. The molecule has 0 bridgehead atoms. The Balaban J connectivity index is 1.43. The molecular weight excluding hydrogens is 473 g/mol. The number of fused-ring (bicyclic) bond motifs is 1. The summed E-state index contributed by atoms with van der Waals surface area (Å²) >= 11 is 2.92. The summed E-state index contributed by atoms with van der Waals surface area (Å²) < 4.78 is 21.5. The Morgan fingerprint density at radius 1 is 1.09 bits per heavy atom. The van der Waals surface area contributed by atoms with Gasteiger partial charge in [-0.05, 0) is 43.7 Å². The van der Waals surface area contributed by atoms with Crippen molar-refractivity contribution in [3.05, 3.63) is 92.9 Å². The standard InChI is InChI=1S/C24H20FN5O2S2/c1-14-15(2)34-23-21(14)22(31)26-19(27-23)13-33-24-29-28-20(30(24)16-8-4-3-5-9-16)12-32-18-11-7-6-10-17(18)25/h3-11H,12-13H2,1-2H3,(H,26,27,31). The number of aromatic amines is 1. The van der Waals surface area contributed by atoms with Gasteiger partial charge in [0.05, 0.1) is 11.1 Å². The third-order valence-electron chi connectivity index (χ3n) is 5.33. The van der Waals surface area contributed by atoms with Crippen molar-refractivity contribution in [2.45, 2.75) is 31.4 Å². The van der Waals surface area contributed by atoms with Crippen LogP contribution >= 0.6 is 23.1 Å². The number of nitrogens with one attached hydrogen (secondary N) is 1. The number of ether oxygens (including phenoxy) is 1. The third kappa shape index (κ3) is 4.34. The van der Waals surface area contributed by atoms with Gasteiger partial charge in [0.25, 0.3) is 5.56 Å². The molecule has 0 saturated heterocycles. The Hall–Kier alpha value is -3.50. The number of aromatic nitrogens is 5. The first-order valence-corrected chi connectivity index (χ1v) is 12.3. The lowest BCUT2D eigenvalue weighted by molar-refractivity contribution is 0.278. The second-order valence-corrected chi connectivity index (χ2v) is 9.70. The molecule has 7 nitrogen and oxygen atoms in total. The zero-order chi connectivity index (χ0) is 23.7. The van der Waals surface area contributed by atoms with Crippen LogP contribution in [0, 0.1) is 19.7 Å². The number of aryl methyl sites for hydroxylation is 2. The molecule has 34 heavy (non-hydrogen) atoms. The van der Waals surface area contributed by atoms with Gasteiger partial charge in [-0.1, -0.05) is 42.1 Å². The van der Waals surface area contributed by atoms with Gasteiger partial charge in [-0.2, -0.15) is 0 Å². The van der Waals surface area contributed by atoms with Crippen LogP contribution in [-0.4, -0.2) is 24.7 Å². The van der Waals surface area contributed by atoms with Crippen molar-refractivity contribution in [2.24, 2.45) is 0 Å². The summed E-state index contributed by atoms with van der Waals surface area (Å²) in [5.74, 6) is 1.21. The van der Waals surface area contributed by atoms with Gasteiger partial charge in [-0.15, -0.1) is 21.5 Å². The van der Waals surface area contributed by atoms with Gasteiger partial charge in [0.2, 0.25) is 0 Å². The quantitative estimate of drug-likeness (QED) is 0.314. The molecule has 0 spiro atoms. The average Bonchev–Trinajstić information content (AvgIpc) is 3.37. The van der Waals surface area contributed by atoms with Gasteiger partial charge in [0, 0.05) is 10.6 Å². The molecule has 0 aliphatic rings. The number of nitrogens with zero attached hydrogens (tertiary/aromatic N) is 4. The van der Waals surface area contributed by atoms with E-state index in [0.29, 0.717) is 27.9 Å². The average molecular weight is 494 g/mol. The summed E-state index contributed by atoms with van der Waals surface area (Å²) in [5, 5.41) is 9.88. The number of rotatable bonds is 7. The molecule has 0 saturated carbocycles. The van der Waals surface area contributed by atoms with Crippen molar-refractivity contribution < 1.29 is 9.13 Å². The van der Waals surface area contributed by atoms with Gasteiger partial charge in [0.15, 0.2) is 22.5 Å². The van der Waals surface area contributed by atoms with Crippen LogP contribution in [0.2, 0.25) is 0 Å². The Kier molecular flexibility index (Phi) is 6.16. The number of hydrogen-bond acceptors (Lipinski definition) is 7. The number of thiophene rings is 1. The minimum Gasteiger partial charge on any atom is -0.483 e. The van der Waals surface area contributed by atoms with E-state index in [-0.39, 0.29) is 17.9 Å². The fourth-order valence-corrected chi connectivity index (χ4v) is 5.42. The Bertz CT molecular complexity index is 1530. The minimum absolute atomic E-state index is 0.0399. The second kappa shape index (κ2) is 9.40. The summed E-state index contributed by atoms with van der Waals surface area (Å²) in [5.41, 5.74) is 1.69. The van der Waals surface area contributed by atoms with E-state index >= 15 is 0 Å². The molecule has 0 amide bonds. The first-order valence-electron chi connectivity index (χ1n) is 10.5. The predicted molar refractivity (Wildman–Crippen MR) is 131 cm³/mol.